The van der Waals surface area contributed by atoms with E-state index in [1.807, 2.05) is 18.7 Å². The van der Waals surface area contributed by atoms with Crippen LogP contribution in [0.1, 0.15) is 25.5 Å². The lowest BCUT2D eigenvalue weighted by Crippen LogP contribution is -2.26. The molecule has 18 heavy (non-hydrogen) atoms. The molecular weight excluding hydrogens is 292 g/mol. The Morgan fingerprint density at radius 1 is 1.33 bits per heavy atom. The SMILES string of the molecule is CSCC(C)CNC(C)c1c(Cl)ccc(F)c1Cl. The van der Waals surface area contributed by atoms with Crippen molar-refractivity contribution in [2.45, 2.75) is 19.9 Å². The van der Waals surface area contributed by atoms with E-state index >= 15 is 0 Å². The van der Waals surface area contributed by atoms with E-state index < -0.39 is 5.82 Å². The zero-order valence-corrected chi connectivity index (χ0v) is 13.1. The van der Waals surface area contributed by atoms with Crippen molar-refractivity contribution >= 4 is 35.0 Å². The smallest absolute Gasteiger partial charge is 0.142 e. The highest BCUT2D eigenvalue weighted by molar-refractivity contribution is 7.98. The van der Waals surface area contributed by atoms with E-state index in [2.05, 4.69) is 18.5 Å². The molecule has 1 rings (SSSR count). The summed E-state index contributed by atoms with van der Waals surface area (Å²) in [5, 5.41) is 3.95. The molecule has 1 aromatic carbocycles. The van der Waals surface area contributed by atoms with Gasteiger partial charge in [0.05, 0.1) is 5.02 Å². The van der Waals surface area contributed by atoms with Crippen molar-refractivity contribution in [3.63, 3.8) is 0 Å². The molecule has 5 heteroatoms. The van der Waals surface area contributed by atoms with E-state index in [9.17, 15) is 4.39 Å². The largest absolute Gasteiger partial charge is 0.310 e. The average molecular weight is 310 g/mol. The van der Waals surface area contributed by atoms with Crippen molar-refractivity contribution in [3.8, 4) is 0 Å². The summed E-state index contributed by atoms with van der Waals surface area (Å²) in [6.45, 7) is 4.97. The van der Waals surface area contributed by atoms with Gasteiger partial charge in [-0.2, -0.15) is 11.8 Å². The number of benzene rings is 1. The van der Waals surface area contributed by atoms with Crippen molar-refractivity contribution in [3.05, 3.63) is 33.6 Å². The second-order valence-corrected chi connectivity index (χ2v) is 6.14. The first kappa shape index (κ1) is 16.1. The maximum atomic E-state index is 13.4. The molecule has 2 unspecified atom stereocenters. The summed E-state index contributed by atoms with van der Waals surface area (Å²) < 4.78 is 13.4. The first-order valence-corrected chi connectivity index (χ1v) is 7.98. The molecule has 0 saturated heterocycles. The number of nitrogens with one attached hydrogen (secondary N) is 1. The van der Waals surface area contributed by atoms with Gasteiger partial charge >= 0.3 is 0 Å². The van der Waals surface area contributed by atoms with Gasteiger partial charge in [-0.3, -0.25) is 0 Å². The fourth-order valence-corrected chi connectivity index (χ4v) is 3.15. The molecule has 0 fully saturated rings. The molecular formula is C13H18Cl2FNS. The maximum Gasteiger partial charge on any atom is 0.142 e. The van der Waals surface area contributed by atoms with Crippen molar-refractivity contribution in [1.29, 1.82) is 0 Å². The summed E-state index contributed by atoms with van der Waals surface area (Å²) in [7, 11) is 0. The van der Waals surface area contributed by atoms with Gasteiger partial charge in [-0.05, 0) is 43.5 Å². The van der Waals surface area contributed by atoms with Crippen LogP contribution in [0.2, 0.25) is 10.0 Å². The normalized spacial score (nSPS) is 14.6. The molecule has 1 aromatic rings. The van der Waals surface area contributed by atoms with E-state index in [4.69, 9.17) is 23.2 Å². The first-order valence-electron chi connectivity index (χ1n) is 5.83. The van der Waals surface area contributed by atoms with Crippen LogP contribution in [0.15, 0.2) is 12.1 Å². The number of halogens is 3. The standard InChI is InChI=1S/C13H18Cl2FNS/c1-8(7-18-3)6-17-9(2)12-10(14)4-5-11(16)13(12)15/h4-5,8-9,17H,6-7H2,1-3H3. The Bertz CT molecular complexity index is 401. The summed E-state index contributed by atoms with van der Waals surface area (Å²) in [6, 6.07) is 2.77. The predicted octanol–water partition coefficient (Wildman–Crippen LogP) is 4.78. The molecule has 1 nitrogen and oxygen atoms in total. The summed E-state index contributed by atoms with van der Waals surface area (Å²) in [4.78, 5) is 0. The minimum absolute atomic E-state index is 0.0648. The highest BCUT2D eigenvalue weighted by Gasteiger charge is 2.17. The third kappa shape index (κ3) is 4.30. The Balaban J connectivity index is 2.72. The molecule has 1 N–H and O–H groups in total. The Labute approximate surface area is 122 Å². The van der Waals surface area contributed by atoms with Crippen LogP contribution in [-0.2, 0) is 0 Å². The quantitative estimate of drug-likeness (QED) is 0.759. The molecule has 0 bridgehead atoms. The molecule has 0 aliphatic heterocycles. The molecule has 102 valence electrons. The molecule has 0 spiro atoms. The van der Waals surface area contributed by atoms with Gasteiger partial charge in [0.1, 0.15) is 5.82 Å². The average Bonchev–Trinajstić information content (AvgIpc) is 2.32. The van der Waals surface area contributed by atoms with E-state index in [0.29, 0.717) is 16.5 Å². The lowest BCUT2D eigenvalue weighted by Gasteiger charge is -2.20. The zero-order chi connectivity index (χ0) is 13.7. The van der Waals surface area contributed by atoms with E-state index in [-0.39, 0.29) is 11.1 Å². The summed E-state index contributed by atoms with van der Waals surface area (Å²) >= 11 is 13.9. The van der Waals surface area contributed by atoms with Crippen LogP contribution in [0.3, 0.4) is 0 Å². The molecule has 0 aromatic heterocycles. The van der Waals surface area contributed by atoms with Crippen LogP contribution in [0.25, 0.3) is 0 Å². The fraction of sp³-hybridized carbons (Fsp3) is 0.538. The molecule has 0 saturated carbocycles. The van der Waals surface area contributed by atoms with Crippen LogP contribution in [0, 0.1) is 11.7 Å². The summed E-state index contributed by atoms with van der Waals surface area (Å²) in [6.07, 6.45) is 2.08. The van der Waals surface area contributed by atoms with Gasteiger partial charge < -0.3 is 5.32 Å². The van der Waals surface area contributed by atoms with Crippen LogP contribution in [0.4, 0.5) is 4.39 Å². The Kier molecular flexibility index (Phi) is 6.78. The van der Waals surface area contributed by atoms with Crippen molar-refractivity contribution in [2.24, 2.45) is 5.92 Å². The van der Waals surface area contributed by atoms with Gasteiger partial charge in [0, 0.05) is 16.6 Å². The van der Waals surface area contributed by atoms with Gasteiger partial charge in [0.15, 0.2) is 0 Å². The number of rotatable bonds is 6. The monoisotopic (exact) mass is 309 g/mol. The van der Waals surface area contributed by atoms with Gasteiger partial charge in [0.2, 0.25) is 0 Å². The minimum atomic E-state index is -0.429. The highest BCUT2D eigenvalue weighted by Crippen LogP contribution is 2.32. The van der Waals surface area contributed by atoms with Crippen LogP contribution >= 0.6 is 35.0 Å². The van der Waals surface area contributed by atoms with Crippen LogP contribution in [-0.4, -0.2) is 18.6 Å². The zero-order valence-electron chi connectivity index (χ0n) is 10.8. The lowest BCUT2D eigenvalue weighted by molar-refractivity contribution is 0.499. The molecule has 0 amide bonds. The molecule has 0 heterocycles. The topological polar surface area (TPSA) is 12.0 Å². The van der Waals surface area contributed by atoms with Crippen molar-refractivity contribution in [2.75, 3.05) is 18.6 Å². The number of hydrogen-bond donors (Lipinski definition) is 1. The fourth-order valence-electron chi connectivity index (χ4n) is 1.76. The van der Waals surface area contributed by atoms with Crippen molar-refractivity contribution < 1.29 is 4.39 Å². The van der Waals surface area contributed by atoms with Gasteiger partial charge in [-0.1, -0.05) is 30.1 Å². The summed E-state index contributed by atoms with van der Waals surface area (Å²) in [5.74, 6) is 1.21. The predicted molar refractivity (Wildman–Crippen MR) is 80.4 cm³/mol. The summed E-state index contributed by atoms with van der Waals surface area (Å²) in [5.41, 5.74) is 0.634. The molecule has 2 atom stereocenters. The number of thioether (sulfide) groups is 1. The van der Waals surface area contributed by atoms with E-state index in [0.717, 1.165) is 12.3 Å². The van der Waals surface area contributed by atoms with Gasteiger partial charge in [-0.25, -0.2) is 4.39 Å². The minimum Gasteiger partial charge on any atom is -0.310 e. The third-order valence-electron chi connectivity index (χ3n) is 2.74. The second-order valence-electron chi connectivity index (χ2n) is 4.45. The lowest BCUT2D eigenvalue weighted by atomic mass is 10.1. The highest BCUT2D eigenvalue weighted by atomic mass is 35.5. The maximum absolute atomic E-state index is 13.4. The Morgan fingerprint density at radius 2 is 2.00 bits per heavy atom. The van der Waals surface area contributed by atoms with Gasteiger partial charge in [0.25, 0.3) is 0 Å². The molecule has 0 aliphatic carbocycles. The first-order chi connectivity index (χ1) is 8.47. The van der Waals surface area contributed by atoms with Crippen LogP contribution in [0.5, 0.6) is 0 Å². The molecule has 0 aliphatic rings. The van der Waals surface area contributed by atoms with Crippen molar-refractivity contribution in [1.82, 2.24) is 5.32 Å². The third-order valence-corrected chi connectivity index (χ3v) is 4.35. The second kappa shape index (κ2) is 7.59. The van der Waals surface area contributed by atoms with E-state index in [1.165, 1.54) is 6.07 Å². The van der Waals surface area contributed by atoms with E-state index in [1.54, 1.807) is 6.07 Å². The van der Waals surface area contributed by atoms with Gasteiger partial charge in [-0.15, -0.1) is 0 Å². The Morgan fingerprint density at radius 3 is 2.61 bits per heavy atom. The Hall–Kier alpha value is 0.0400. The molecule has 0 radical (unpaired) electrons. The number of hydrogen-bond acceptors (Lipinski definition) is 2. The van der Waals surface area contributed by atoms with Crippen LogP contribution < -0.4 is 5.32 Å².